The third kappa shape index (κ3) is 4.19. The van der Waals surface area contributed by atoms with Crippen molar-refractivity contribution in [1.29, 1.82) is 0 Å². The minimum Gasteiger partial charge on any atom is -0.447 e. The van der Waals surface area contributed by atoms with Gasteiger partial charge in [-0.15, -0.1) is 0 Å². The van der Waals surface area contributed by atoms with Crippen molar-refractivity contribution < 1.29 is 24.2 Å². The van der Waals surface area contributed by atoms with Gasteiger partial charge in [0.15, 0.2) is 0 Å². The molecule has 1 saturated heterocycles. The van der Waals surface area contributed by atoms with E-state index < -0.39 is 23.9 Å². The van der Waals surface area contributed by atoms with E-state index in [0.29, 0.717) is 30.9 Å². The summed E-state index contributed by atoms with van der Waals surface area (Å²) in [5.74, 6) is -1.66. The van der Waals surface area contributed by atoms with E-state index in [2.05, 4.69) is 10.6 Å². The first-order valence-electron chi connectivity index (χ1n) is 7.32. The Hall–Kier alpha value is -2.61. The Bertz CT molecular complexity index is 601. The molecule has 2 rings (SSSR count). The fourth-order valence-electron chi connectivity index (χ4n) is 2.10. The van der Waals surface area contributed by atoms with Gasteiger partial charge in [0.1, 0.15) is 6.61 Å². The molecule has 3 N–H and O–H groups in total. The number of carbonyl (C=O) groups excluding carboxylic acids is 3. The Morgan fingerprint density at radius 2 is 2.17 bits per heavy atom. The van der Waals surface area contributed by atoms with Crippen LogP contribution in [-0.2, 0) is 14.3 Å². The van der Waals surface area contributed by atoms with Gasteiger partial charge in [-0.25, -0.2) is 4.79 Å². The molecule has 1 aliphatic rings. The van der Waals surface area contributed by atoms with Gasteiger partial charge >= 0.3 is 17.9 Å². The molecule has 1 atom stereocenters. The van der Waals surface area contributed by atoms with Gasteiger partial charge in [0.05, 0.1) is 19.2 Å². The van der Waals surface area contributed by atoms with E-state index in [0.717, 1.165) is 0 Å². The van der Waals surface area contributed by atoms with Crippen LogP contribution in [0.25, 0.3) is 0 Å². The molecule has 1 heterocycles. The van der Waals surface area contributed by atoms with Crippen LogP contribution >= 0.6 is 0 Å². The molecule has 0 radical (unpaired) electrons. The van der Waals surface area contributed by atoms with Crippen molar-refractivity contribution in [2.24, 2.45) is 0 Å². The average Bonchev–Trinajstić information content (AvgIpc) is 2.98. The number of nitrogens with zero attached hydrogens (tertiary/aromatic N) is 1. The maximum absolute atomic E-state index is 11.9. The average molecular weight is 321 g/mol. The normalized spacial score (nSPS) is 15.0. The second-order valence-corrected chi connectivity index (χ2v) is 5.03. The number of aliphatic hydroxyl groups excluding tert-OH is 1. The molecule has 1 aromatic rings. The molecule has 0 unspecified atom stereocenters. The first kappa shape index (κ1) is 16.8. The SMILES string of the molecule is CC[C@H](CO)NC(=O)C(=O)Nc1cccc(N2CCOC2=O)c1. The smallest absolute Gasteiger partial charge is 0.414 e. The van der Waals surface area contributed by atoms with E-state index in [9.17, 15) is 14.4 Å². The van der Waals surface area contributed by atoms with Crippen LogP contribution in [0.3, 0.4) is 0 Å². The third-order valence-corrected chi connectivity index (χ3v) is 3.43. The van der Waals surface area contributed by atoms with Crippen LogP contribution in [0.5, 0.6) is 0 Å². The van der Waals surface area contributed by atoms with E-state index in [-0.39, 0.29) is 6.61 Å². The van der Waals surface area contributed by atoms with Gasteiger partial charge in [-0.1, -0.05) is 13.0 Å². The van der Waals surface area contributed by atoms with E-state index >= 15 is 0 Å². The highest BCUT2D eigenvalue weighted by atomic mass is 16.6. The van der Waals surface area contributed by atoms with E-state index in [1.807, 2.05) is 0 Å². The molecule has 23 heavy (non-hydrogen) atoms. The molecular weight excluding hydrogens is 302 g/mol. The first-order chi connectivity index (χ1) is 11.0. The summed E-state index contributed by atoms with van der Waals surface area (Å²) in [6.07, 6.45) is 0.0715. The lowest BCUT2D eigenvalue weighted by Gasteiger charge is -2.15. The number of hydrogen-bond donors (Lipinski definition) is 3. The number of carbonyl (C=O) groups is 3. The van der Waals surface area contributed by atoms with Crippen molar-refractivity contribution in [2.45, 2.75) is 19.4 Å². The van der Waals surface area contributed by atoms with Crippen LogP contribution < -0.4 is 15.5 Å². The lowest BCUT2D eigenvalue weighted by molar-refractivity contribution is -0.136. The van der Waals surface area contributed by atoms with Gasteiger partial charge in [-0.2, -0.15) is 0 Å². The van der Waals surface area contributed by atoms with Crippen LogP contribution in [0.2, 0.25) is 0 Å². The number of hydrogen-bond acceptors (Lipinski definition) is 5. The predicted octanol–water partition coefficient (Wildman–Crippen LogP) is 0.469. The molecule has 1 aliphatic heterocycles. The number of cyclic esters (lactones) is 1. The molecule has 0 saturated carbocycles. The molecule has 124 valence electrons. The summed E-state index contributed by atoms with van der Waals surface area (Å²) in [7, 11) is 0. The zero-order valence-corrected chi connectivity index (χ0v) is 12.7. The van der Waals surface area contributed by atoms with Crippen molar-refractivity contribution in [3.63, 3.8) is 0 Å². The summed E-state index contributed by atoms with van der Waals surface area (Å²) >= 11 is 0. The summed E-state index contributed by atoms with van der Waals surface area (Å²) in [6.45, 7) is 2.31. The van der Waals surface area contributed by atoms with Crippen LogP contribution in [-0.4, -0.2) is 48.8 Å². The van der Waals surface area contributed by atoms with E-state index in [1.165, 1.54) is 4.90 Å². The van der Waals surface area contributed by atoms with Crippen molar-refractivity contribution in [3.8, 4) is 0 Å². The number of aliphatic hydroxyl groups is 1. The molecule has 1 fully saturated rings. The summed E-state index contributed by atoms with van der Waals surface area (Å²) in [5, 5.41) is 13.9. The zero-order chi connectivity index (χ0) is 16.8. The minimum atomic E-state index is -0.835. The topological polar surface area (TPSA) is 108 Å². The summed E-state index contributed by atoms with van der Waals surface area (Å²) < 4.78 is 4.86. The van der Waals surface area contributed by atoms with E-state index in [1.54, 1.807) is 31.2 Å². The molecule has 0 aromatic heterocycles. The third-order valence-electron chi connectivity index (χ3n) is 3.43. The van der Waals surface area contributed by atoms with Gasteiger partial charge in [0.25, 0.3) is 0 Å². The van der Waals surface area contributed by atoms with Crippen LogP contribution in [0, 0.1) is 0 Å². The van der Waals surface area contributed by atoms with Gasteiger partial charge in [-0.3, -0.25) is 14.5 Å². The molecule has 0 bridgehead atoms. The van der Waals surface area contributed by atoms with Crippen molar-refractivity contribution in [1.82, 2.24) is 5.32 Å². The zero-order valence-electron chi connectivity index (χ0n) is 12.7. The van der Waals surface area contributed by atoms with Crippen molar-refractivity contribution in [3.05, 3.63) is 24.3 Å². The number of anilines is 2. The molecule has 1 aromatic carbocycles. The van der Waals surface area contributed by atoms with Crippen molar-refractivity contribution in [2.75, 3.05) is 30.0 Å². The van der Waals surface area contributed by atoms with Crippen LogP contribution in [0.1, 0.15) is 13.3 Å². The molecular formula is C15H19N3O5. The van der Waals surface area contributed by atoms with Gasteiger partial charge < -0.3 is 20.5 Å². The monoisotopic (exact) mass is 321 g/mol. The number of nitrogens with one attached hydrogen (secondary N) is 2. The van der Waals surface area contributed by atoms with Crippen molar-refractivity contribution >= 4 is 29.3 Å². The Kier molecular flexibility index (Phi) is 5.53. The predicted molar refractivity (Wildman–Crippen MR) is 83.1 cm³/mol. The van der Waals surface area contributed by atoms with Gasteiger partial charge in [0.2, 0.25) is 0 Å². The lowest BCUT2D eigenvalue weighted by atomic mass is 10.2. The minimum absolute atomic E-state index is 0.234. The van der Waals surface area contributed by atoms with Crippen LogP contribution in [0.15, 0.2) is 24.3 Å². The molecule has 8 nitrogen and oxygen atoms in total. The standard InChI is InChI=1S/C15H19N3O5/c1-2-10(9-19)16-13(20)14(21)17-11-4-3-5-12(8-11)18-6-7-23-15(18)22/h3-5,8,10,19H,2,6-7,9H2,1H3,(H,16,20)(H,17,21)/t10-/m1/s1. The summed E-state index contributed by atoms with van der Waals surface area (Å²) in [5.41, 5.74) is 0.965. The molecule has 0 spiro atoms. The summed E-state index contributed by atoms with van der Waals surface area (Å²) in [4.78, 5) is 36.6. The van der Waals surface area contributed by atoms with Crippen LogP contribution in [0.4, 0.5) is 16.2 Å². The maximum Gasteiger partial charge on any atom is 0.414 e. The fraction of sp³-hybridized carbons (Fsp3) is 0.400. The highest BCUT2D eigenvalue weighted by Crippen LogP contribution is 2.22. The number of rotatable bonds is 5. The molecule has 0 aliphatic carbocycles. The largest absolute Gasteiger partial charge is 0.447 e. The van der Waals surface area contributed by atoms with Gasteiger partial charge in [0, 0.05) is 11.4 Å². The molecule has 8 heteroatoms. The second-order valence-electron chi connectivity index (χ2n) is 5.03. The fourth-order valence-corrected chi connectivity index (χ4v) is 2.10. The Balaban J connectivity index is 2.01. The highest BCUT2D eigenvalue weighted by molar-refractivity contribution is 6.39. The number of ether oxygens (including phenoxy) is 1. The number of amides is 3. The summed E-state index contributed by atoms with van der Waals surface area (Å²) in [6, 6.07) is 6.11. The lowest BCUT2D eigenvalue weighted by Crippen LogP contribution is -2.43. The maximum atomic E-state index is 11.9. The van der Waals surface area contributed by atoms with E-state index in [4.69, 9.17) is 9.84 Å². The quantitative estimate of drug-likeness (QED) is 0.683. The number of benzene rings is 1. The highest BCUT2D eigenvalue weighted by Gasteiger charge is 2.24. The second kappa shape index (κ2) is 7.59. The van der Waals surface area contributed by atoms with Gasteiger partial charge in [-0.05, 0) is 24.6 Å². The first-order valence-corrected chi connectivity index (χ1v) is 7.32. The Morgan fingerprint density at radius 1 is 1.39 bits per heavy atom. The Labute approximate surface area is 133 Å². The molecule has 3 amide bonds. The Morgan fingerprint density at radius 3 is 2.78 bits per heavy atom.